The number of hydrogen-bond donors (Lipinski definition) is 3. The van der Waals surface area contributed by atoms with Gasteiger partial charge >= 0.3 is 12.2 Å². The van der Waals surface area contributed by atoms with Crippen molar-refractivity contribution in [2.24, 2.45) is 4.99 Å². The number of nitrogens with zero attached hydrogens (tertiary/aromatic N) is 2. The molecule has 0 aliphatic carbocycles. The lowest BCUT2D eigenvalue weighted by Crippen LogP contribution is -2.63. The molecule has 0 bridgehead atoms. The van der Waals surface area contributed by atoms with Gasteiger partial charge in [0.2, 0.25) is 0 Å². The summed E-state index contributed by atoms with van der Waals surface area (Å²) >= 11 is 0. The summed E-state index contributed by atoms with van der Waals surface area (Å²) in [5.41, 5.74) is 1.20. The van der Waals surface area contributed by atoms with Crippen LogP contribution in [0.3, 0.4) is 0 Å². The topological polar surface area (TPSA) is 104 Å². The number of nitrogens with one attached hydrogen (secondary N) is 3. The van der Waals surface area contributed by atoms with Crippen LogP contribution in [0.25, 0.3) is 0 Å². The van der Waals surface area contributed by atoms with Gasteiger partial charge in [0.25, 0.3) is 0 Å². The maximum absolute atomic E-state index is 12.0. The summed E-state index contributed by atoms with van der Waals surface area (Å²) in [7, 11) is 3.02. The van der Waals surface area contributed by atoms with Crippen LogP contribution in [-0.2, 0) is 16.0 Å². The Morgan fingerprint density at radius 1 is 1.21 bits per heavy atom. The van der Waals surface area contributed by atoms with Crippen LogP contribution in [0, 0.1) is 0 Å². The predicted molar refractivity (Wildman–Crippen MR) is 107 cm³/mol. The van der Waals surface area contributed by atoms with E-state index in [-0.39, 0.29) is 12.1 Å². The molecule has 1 aromatic carbocycles. The maximum Gasteiger partial charge on any atom is 0.411 e. The quantitative estimate of drug-likeness (QED) is 0.537. The average molecular weight is 391 g/mol. The Morgan fingerprint density at radius 3 is 2.39 bits per heavy atom. The van der Waals surface area contributed by atoms with Gasteiger partial charge in [0.15, 0.2) is 5.96 Å². The third kappa shape index (κ3) is 6.64. The summed E-state index contributed by atoms with van der Waals surface area (Å²) in [5.74, 6) is 0.658. The van der Waals surface area contributed by atoms with E-state index in [0.29, 0.717) is 31.3 Å². The van der Waals surface area contributed by atoms with Gasteiger partial charge in [-0.1, -0.05) is 12.1 Å². The molecule has 1 fully saturated rings. The number of anilines is 1. The smallest absolute Gasteiger partial charge is 0.411 e. The minimum absolute atomic E-state index is 0.130. The molecule has 9 heteroatoms. The molecule has 0 aromatic heterocycles. The van der Waals surface area contributed by atoms with Gasteiger partial charge in [-0.3, -0.25) is 10.3 Å². The Bertz CT molecular complexity index is 706. The molecule has 2 amide bonds. The number of methoxy groups -OCH3 is 1. The third-order valence-corrected chi connectivity index (χ3v) is 3.94. The van der Waals surface area contributed by atoms with Crippen LogP contribution in [0.1, 0.15) is 26.3 Å². The second-order valence-corrected chi connectivity index (χ2v) is 7.47. The summed E-state index contributed by atoms with van der Waals surface area (Å²) in [4.78, 5) is 29.0. The molecule has 1 aliphatic rings. The fraction of sp³-hybridized carbons (Fsp3) is 0.526. The molecule has 0 unspecified atom stereocenters. The molecule has 28 heavy (non-hydrogen) atoms. The lowest BCUT2D eigenvalue weighted by atomic mass is 10.1. The zero-order valence-electron chi connectivity index (χ0n) is 17.0. The Labute approximate surface area is 165 Å². The van der Waals surface area contributed by atoms with Crippen LogP contribution in [0.5, 0.6) is 0 Å². The summed E-state index contributed by atoms with van der Waals surface area (Å²) in [6.07, 6.45) is -0.800. The lowest BCUT2D eigenvalue weighted by Gasteiger charge is -2.40. The summed E-state index contributed by atoms with van der Waals surface area (Å²) in [6.45, 7) is 7.27. The van der Waals surface area contributed by atoms with Gasteiger partial charge in [-0.2, -0.15) is 0 Å². The van der Waals surface area contributed by atoms with E-state index in [2.05, 4.69) is 25.7 Å². The number of rotatable bonds is 4. The summed E-state index contributed by atoms with van der Waals surface area (Å²) < 4.78 is 9.90. The van der Waals surface area contributed by atoms with E-state index in [4.69, 9.17) is 4.74 Å². The van der Waals surface area contributed by atoms with Crippen molar-refractivity contribution in [3.05, 3.63) is 29.8 Å². The van der Waals surface area contributed by atoms with Crippen LogP contribution in [0.2, 0.25) is 0 Å². The minimum Gasteiger partial charge on any atom is -0.453 e. The fourth-order valence-corrected chi connectivity index (χ4v) is 2.49. The number of carbonyl (C=O) groups excluding carboxylic acids is 2. The van der Waals surface area contributed by atoms with Gasteiger partial charge < -0.3 is 25.0 Å². The number of guanidine groups is 1. The highest BCUT2D eigenvalue weighted by Gasteiger charge is 2.34. The molecule has 154 valence electrons. The summed E-state index contributed by atoms with van der Waals surface area (Å²) in [6, 6.07) is 7.53. The van der Waals surface area contributed by atoms with Gasteiger partial charge in [0, 0.05) is 32.4 Å². The Balaban J connectivity index is 1.74. The maximum atomic E-state index is 12.0. The molecule has 9 nitrogen and oxygen atoms in total. The molecule has 1 saturated heterocycles. The molecule has 1 aromatic rings. The molecule has 3 N–H and O–H groups in total. The number of carbonyl (C=O) groups is 2. The zero-order valence-corrected chi connectivity index (χ0v) is 17.0. The first-order valence-electron chi connectivity index (χ1n) is 9.09. The highest BCUT2D eigenvalue weighted by atomic mass is 16.6. The van der Waals surface area contributed by atoms with Crippen molar-refractivity contribution in [2.75, 3.05) is 32.6 Å². The molecule has 0 atom stereocenters. The van der Waals surface area contributed by atoms with Gasteiger partial charge in [0.05, 0.1) is 13.2 Å². The van der Waals surface area contributed by atoms with Crippen molar-refractivity contribution in [3.63, 3.8) is 0 Å². The lowest BCUT2D eigenvalue weighted by molar-refractivity contribution is 0.00700. The van der Waals surface area contributed by atoms with E-state index < -0.39 is 11.7 Å². The van der Waals surface area contributed by atoms with Crippen molar-refractivity contribution in [1.82, 2.24) is 15.5 Å². The highest BCUT2D eigenvalue weighted by Crippen LogP contribution is 2.15. The van der Waals surface area contributed by atoms with E-state index in [1.807, 2.05) is 32.9 Å². The Morgan fingerprint density at radius 2 is 1.86 bits per heavy atom. The van der Waals surface area contributed by atoms with E-state index in [9.17, 15) is 9.59 Å². The van der Waals surface area contributed by atoms with Gasteiger partial charge in [-0.25, -0.2) is 9.59 Å². The number of aliphatic imine (C=N–C) groups is 1. The number of hydrogen-bond acceptors (Lipinski definition) is 5. The molecule has 0 spiro atoms. The first-order chi connectivity index (χ1) is 13.2. The number of ether oxygens (including phenoxy) is 2. The molecule has 1 heterocycles. The summed E-state index contributed by atoms with van der Waals surface area (Å²) in [5, 5.41) is 9.12. The number of likely N-dealkylation sites (tertiary alicyclic amines) is 1. The SMILES string of the molecule is CN=C(NCc1ccc(NC(=O)OC)cc1)NC1CN(C(=O)OC(C)(C)C)C1. The van der Waals surface area contributed by atoms with Crippen LogP contribution in [-0.4, -0.2) is 61.9 Å². The molecule has 2 rings (SSSR count). The van der Waals surface area contributed by atoms with Crippen LogP contribution in [0.15, 0.2) is 29.3 Å². The molecule has 0 saturated carbocycles. The van der Waals surface area contributed by atoms with E-state index >= 15 is 0 Å². The minimum atomic E-state index is -0.503. The standard InChI is InChI=1S/C19H29N5O4/c1-19(2,3)28-18(26)24-11-15(12-24)22-16(20-4)21-10-13-6-8-14(9-7-13)23-17(25)27-5/h6-9,15H,10-12H2,1-5H3,(H,23,25)(H2,20,21,22). The first-order valence-corrected chi connectivity index (χ1v) is 9.09. The van der Waals surface area contributed by atoms with Crippen LogP contribution < -0.4 is 16.0 Å². The van der Waals surface area contributed by atoms with Crippen molar-refractivity contribution in [1.29, 1.82) is 0 Å². The van der Waals surface area contributed by atoms with Gasteiger partial charge in [-0.05, 0) is 38.5 Å². The molecular formula is C19H29N5O4. The number of amides is 2. The van der Waals surface area contributed by atoms with Crippen molar-refractivity contribution in [3.8, 4) is 0 Å². The fourth-order valence-electron chi connectivity index (χ4n) is 2.49. The monoisotopic (exact) mass is 391 g/mol. The molecular weight excluding hydrogens is 362 g/mol. The largest absolute Gasteiger partial charge is 0.453 e. The zero-order chi connectivity index (χ0) is 20.7. The second kappa shape index (κ2) is 9.29. The van der Waals surface area contributed by atoms with Crippen molar-refractivity contribution >= 4 is 23.8 Å². The van der Waals surface area contributed by atoms with E-state index in [1.165, 1.54) is 7.11 Å². The first kappa shape index (κ1) is 21.3. The predicted octanol–water partition coefficient (Wildman–Crippen LogP) is 2.15. The molecule has 0 radical (unpaired) electrons. The van der Waals surface area contributed by atoms with Gasteiger partial charge in [-0.15, -0.1) is 0 Å². The Kier molecular flexibility index (Phi) is 7.08. The van der Waals surface area contributed by atoms with Crippen LogP contribution >= 0.6 is 0 Å². The van der Waals surface area contributed by atoms with Gasteiger partial charge in [0.1, 0.15) is 5.60 Å². The molecule has 1 aliphatic heterocycles. The van der Waals surface area contributed by atoms with Crippen LogP contribution in [0.4, 0.5) is 15.3 Å². The van der Waals surface area contributed by atoms with E-state index in [1.54, 1.807) is 24.1 Å². The second-order valence-electron chi connectivity index (χ2n) is 7.47. The highest BCUT2D eigenvalue weighted by molar-refractivity contribution is 5.84. The van der Waals surface area contributed by atoms with E-state index in [0.717, 1.165) is 5.56 Å². The third-order valence-electron chi connectivity index (χ3n) is 3.94. The average Bonchev–Trinajstić information content (AvgIpc) is 2.59. The number of benzene rings is 1. The van der Waals surface area contributed by atoms with Crippen molar-refractivity contribution < 1.29 is 19.1 Å². The normalized spacial score (nSPS) is 14.8. The van der Waals surface area contributed by atoms with Crippen molar-refractivity contribution in [2.45, 2.75) is 39.0 Å². The Hall–Kier alpha value is -2.97.